The molecule has 2 aromatic rings. The van der Waals surface area contributed by atoms with Gasteiger partial charge in [-0.25, -0.2) is 4.57 Å². The summed E-state index contributed by atoms with van der Waals surface area (Å²) in [6, 6.07) is 6.09. The molecular formula is C11H15N6+. The maximum absolute atomic E-state index is 5.20. The number of rotatable bonds is 2. The lowest BCUT2D eigenvalue weighted by Gasteiger charge is -1.91. The van der Waals surface area contributed by atoms with Crippen LogP contribution in [0.5, 0.6) is 0 Å². The first kappa shape index (κ1) is 11.1. The van der Waals surface area contributed by atoms with Crippen molar-refractivity contribution in [2.45, 2.75) is 6.92 Å². The van der Waals surface area contributed by atoms with E-state index in [0.29, 0.717) is 0 Å². The zero-order valence-electron chi connectivity index (χ0n) is 9.83. The number of hydrogen-bond acceptors (Lipinski definition) is 2. The fourth-order valence-electron chi connectivity index (χ4n) is 1.68. The number of imidazole rings is 1. The van der Waals surface area contributed by atoms with E-state index in [1.165, 1.54) is 0 Å². The minimum atomic E-state index is -0.0520. The van der Waals surface area contributed by atoms with Crippen LogP contribution in [0.15, 0.2) is 34.6 Å². The van der Waals surface area contributed by atoms with Gasteiger partial charge in [0, 0.05) is 6.07 Å². The predicted molar refractivity (Wildman–Crippen MR) is 66.7 cm³/mol. The second-order valence-electron chi connectivity index (χ2n) is 3.78. The Morgan fingerprint density at radius 3 is 2.82 bits per heavy atom. The van der Waals surface area contributed by atoms with E-state index in [1.54, 1.807) is 6.21 Å². The van der Waals surface area contributed by atoms with Crippen molar-refractivity contribution in [3.8, 4) is 0 Å². The zero-order chi connectivity index (χ0) is 12.4. The number of hydrogen-bond donors (Lipinski definition) is 2. The fraction of sp³-hybridized carbons (Fsp3) is 0.182. The molecule has 0 atom stereocenters. The number of nitrogens with zero attached hydrogens (tertiary/aromatic N) is 4. The van der Waals surface area contributed by atoms with E-state index in [9.17, 15) is 0 Å². The minimum Gasteiger partial charge on any atom is -0.369 e. The highest BCUT2D eigenvalue weighted by molar-refractivity contribution is 5.80. The van der Waals surface area contributed by atoms with Crippen LogP contribution in [0.4, 0.5) is 0 Å². The molecule has 0 radical (unpaired) electrons. The molecule has 17 heavy (non-hydrogen) atoms. The average Bonchev–Trinajstić information content (AvgIpc) is 2.58. The highest BCUT2D eigenvalue weighted by Gasteiger charge is 2.13. The van der Waals surface area contributed by atoms with Gasteiger partial charge in [0.25, 0.3) is 5.65 Å². The van der Waals surface area contributed by atoms with Crippen LogP contribution in [0.3, 0.4) is 0 Å². The van der Waals surface area contributed by atoms with Crippen molar-refractivity contribution in [2.75, 3.05) is 0 Å². The van der Waals surface area contributed by atoms with Crippen LogP contribution in [0.1, 0.15) is 11.4 Å². The molecule has 88 valence electrons. The van der Waals surface area contributed by atoms with Gasteiger partial charge in [0.15, 0.2) is 5.69 Å². The third-order valence-electron chi connectivity index (χ3n) is 2.57. The molecule has 4 N–H and O–H groups in total. The Balaban J connectivity index is 2.49. The second kappa shape index (κ2) is 4.25. The Morgan fingerprint density at radius 1 is 1.41 bits per heavy atom. The molecule has 0 aliphatic carbocycles. The Hall–Kier alpha value is -2.37. The summed E-state index contributed by atoms with van der Waals surface area (Å²) in [6.07, 6.45) is 3.60. The quantitative estimate of drug-likeness (QED) is 0.321. The van der Waals surface area contributed by atoms with Crippen molar-refractivity contribution in [1.29, 1.82) is 0 Å². The van der Waals surface area contributed by atoms with E-state index in [1.807, 2.05) is 42.9 Å². The van der Waals surface area contributed by atoms with Gasteiger partial charge in [0.2, 0.25) is 5.96 Å². The SMILES string of the molecule is Cc1cccc2n(C)c(/C=N/N=C(N)N)c[n+]12. The molecule has 0 saturated carbocycles. The van der Waals surface area contributed by atoms with Crippen molar-refractivity contribution < 1.29 is 4.40 Å². The van der Waals surface area contributed by atoms with Crippen LogP contribution in [0, 0.1) is 6.92 Å². The Bertz CT molecular complexity index is 604. The summed E-state index contributed by atoms with van der Waals surface area (Å²) in [7, 11) is 1.96. The molecule has 2 aromatic heterocycles. The van der Waals surface area contributed by atoms with E-state index >= 15 is 0 Å². The number of aromatic nitrogens is 2. The first-order valence-electron chi connectivity index (χ1n) is 5.18. The molecule has 0 aromatic carbocycles. The van der Waals surface area contributed by atoms with Gasteiger partial charge in [0.1, 0.15) is 18.1 Å². The number of fused-ring (bicyclic) bond motifs is 1. The topological polar surface area (TPSA) is 85.8 Å². The van der Waals surface area contributed by atoms with Crippen LogP contribution in [0.2, 0.25) is 0 Å². The number of pyridine rings is 1. The smallest absolute Gasteiger partial charge is 0.286 e. The predicted octanol–water partition coefficient (Wildman–Crippen LogP) is -0.320. The lowest BCUT2D eigenvalue weighted by atomic mass is 10.4. The second-order valence-corrected chi connectivity index (χ2v) is 3.78. The Kier molecular flexibility index (Phi) is 2.78. The standard InChI is InChI=1S/C11H15N6/c1-8-4-3-5-10-16(2)9(7-17(8)10)6-14-15-11(12)13/h3-7H,1-2H3,(H4,12,13,15)/q+1/b14-6+. The molecule has 2 heterocycles. The Morgan fingerprint density at radius 2 is 2.18 bits per heavy atom. The molecule has 2 rings (SSSR count). The van der Waals surface area contributed by atoms with Crippen molar-refractivity contribution >= 4 is 17.8 Å². The van der Waals surface area contributed by atoms with Crippen molar-refractivity contribution in [3.63, 3.8) is 0 Å². The zero-order valence-corrected chi connectivity index (χ0v) is 9.83. The highest BCUT2D eigenvalue weighted by Crippen LogP contribution is 2.03. The third kappa shape index (κ3) is 2.10. The summed E-state index contributed by atoms with van der Waals surface area (Å²) in [6.45, 7) is 2.05. The molecule has 6 nitrogen and oxygen atoms in total. The molecule has 0 aliphatic heterocycles. The van der Waals surface area contributed by atoms with Crippen LogP contribution in [-0.2, 0) is 7.05 Å². The Labute approximate surface area is 98.9 Å². The number of guanidine groups is 1. The van der Waals surface area contributed by atoms with E-state index in [2.05, 4.69) is 14.6 Å². The maximum atomic E-state index is 5.20. The summed E-state index contributed by atoms with van der Waals surface area (Å²) in [5.74, 6) is -0.0520. The van der Waals surface area contributed by atoms with Gasteiger partial charge in [-0.15, -0.1) is 5.10 Å². The van der Waals surface area contributed by atoms with E-state index in [4.69, 9.17) is 11.5 Å². The largest absolute Gasteiger partial charge is 0.369 e. The summed E-state index contributed by atoms with van der Waals surface area (Å²) in [4.78, 5) is 0. The molecule has 0 fully saturated rings. The lowest BCUT2D eigenvalue weighted by Crippen LogP contribution is -2.22. The number of nitrogens with two attached hydrogens (primary N) is 2. The van der Waals surface area contributed by atoms with Gasteiger partial charge in [-0.2, -0.15) is 9.50 Å². The van der Waals surface area contributed by atoms with Gasteiger partial charge >= 0.3 is 0 Å². The molecule has 0 bridgehead atoms. The van der Waals surface area contributed by atoms with Gasteiger partial charge in [0.05, 0.1) is 7.05 Å². The molecule has 0 spiro atoms. The summed E-state index contributed by atoms with van der Waals surface area (Å²) in [5, 5.41) is 7.38. The molecule has 0 aliphatic rings. The molecule has 0 unspecified atom stereocenters. The number of aryl methyl sites for hydroxylation is 2. The summed E-state index contributed by atoms with van der Waals surface area (Å²) >= 11 is 0. The van der Waals surface area contributed by atoms with Gasteiger partial charge in [-0.05, 0) is 13.0 Å². The van der Waals surface area contributed by atoms with Crippen LogP contribution in [-0.4, -0.2) is 16.7 Å². The fourth-order valence-corrected chi connectivity index (χ4v) is 1.68. The van der Waals surface area contributed by atoms with E-state index in [-0.39, 0.29) is 5.96 Å². The maximum Gasteiger partial charge on any atom is 0.286 e. The van der Waals surface area contributed by atoms with Gasteiger partial charge < -0.3 is 11.5 Å². The van der Waals surface area contributed by atoms with E-state index in [0.717, 1.165) is 17.0 Å². The van der Waals surface area contributed by atoms with Gasteiger partial charge in [-0.3, -0.25) is 0 Å². The summed E-state index contributed by atoms with van der Waals surface area (Å²) < 4.78 is 4.09. The van der Waals surface area contributed by atoms with Crippen LogP contribution < -0.4 is 15.9 Å². The lowest BCUT2D eigenvalue weighted by molar-refractivity contribution is -0.518. The van der Waals surface area contributed by atoms with Crippen molar-refractivity contribution in [2.24, 2.45) is 28.7 Å². The summed E-state index contributed by atoms with van der Waals surface area (Å²) in [5.41, 5.74) is 13.5. The van der Waals surface area contributed by atoms with Crippen molar-refractivity contribution in [1.82, 2.24) is 4.57 Å². The molecular weight excluding hydrogens is 216 g/mol. The molecule has 6 heteroatoms. The van der Waals surface area contributed by atoms with E-state index < -0.39 is 0 Å². The van der Waals surface area contributed by atoms with Crippen LogP contribution >= 0.6 is 0 Å². The highest BCUT2D eigenvalue weighted by atomic mass is 15.3. The van der Waals surface area contributed by atoms with Crippen molar-refractivity contribution in [3.05, 3.63) is 35.8 Å². The first-order valence-corrected chi connectivity index (χ1v) is 5.18. The third-order valence-corrected chi connectivity index (χ3v) is 2.57. The normalized spacial score (nSPS) is 11.2. The monoisotopic (exact) mass is 231 g/mol. The van der Waals surface area contributed by atoms with Crippen LogP contribution in [0.25, 0.3) is 5.65 Å². The average molecular weight is 231 g/mol. The van der Waals surface area contributed by atoms with Gasteiger partial charge in [-0.1, -0.05) is 6.07 Å². The molecule has 0 amide bonds. The molecule has 0 saturated heterocycles. The first-order chi connectivity index (χ1) is 8.09. The minimum absolute atomic E-state index is 0.0520.